The molecule has 0 aliphatic rings. The van der Waals surface area contributed by atoms with Gasteiger partial charge in [0.1, 0.15) is 0 Å². The van der Waals surface area contributed by atoms with Crippen molar-refractivity contribution in [3.8, 4) is 0 Å². The second kappa shape index (κ2) is 8.10. The Balaban J connectivity index is 0.000000921. The average Bonchev–Trinajstić information content (AvgIpc) is 2.29. The van der Waals surface area contributed by atoms with E-state index in [1.165, 1.54) is 11.3 Å². The summed E-state index contributed by atoms with van der Waals surface area (Å²) < 4.78 is 0. The van der Waals surface area contributed by atoms with Gasteiger partial charge in [0.25, 0.3) is 0 Å². The quantitative estimate of drug-likeness (QED) is 0.714. The van der Waals surface area contributed by atoms with Gasteiger partial charge in [-0.3, -0.25) is 0 Å². The molecule has 0 unspecified atom stereocenters. The van der Waals surface area contributed by atoms with Gasteiger partial charge in [-0.25, -0.2) is 0 Å². The molecule has 0 N–H and O–H groups in total. The molecule has 1 heteroatoms. The zero-order valence-electron chi connectivity index (χ0n) is 10.6. The summed E-state index contributed by atoms with van der Waals surface area (Å²) in [5.41, 5.74) is 2.51. The van der Waals surface area contributed by atoms with Gasteiger partial charge in [0, 0.05) is 19.8 Å². The van der Waals surface area contributed by atoms with E-state index in [0.717, 1.165) is 6.42 Å². The Bertz CT molecular complexity index is 270. The van der Waals surface area contributed by atoms with Crippen LogP contribution in [0.1, 0.15) is 32.8 Å². The largest absolute Gasteiger partial charge is 0.378 e. The first-order chi connectivity index (χ1) is 7.24. The summed E-state index contributed by atoms with van der Waals surface area (Å²) in [7, 11) is 4.10. The molecule has 0 atom stereocenters. The van der Waals surface area contributed by atoms with Crippen LogP contribution in [0.15, 0.2) is 30.3 Å². The predicted molar refractivity (Wildman–Crippen MR) is 71.4 cm³/mol. The van der Waals surface area contributed by atoms with E-state index in [-0.39, 0.29) is 0 Å². The molecular weight excluding hydrogens is 182 g/mol. The third-order valence-electron chi connectivity index (χ3n) is 1.96. The number of benzene rings is 1. The van der Waals surface area contributed by atoms with Gasteiger partial charge in [-0.15, -0.1) is 0 Å². The number of anilines is 1. The van der Waals surface area contributed by atoms with Crippen molar-refractivity contribution in [2.45, 2.75) is 27.2 Å². The minimum Gasteiger partial charge on any atom is -0.378 e. The molecule has 0 spiro atoms. The van der Waals surface area contributed by atoms with E-state index in [9.17, 15) is 0 Å². The molecule has 0 bridgehead atoms. The van der Waals surface area contributed by atoms with Crippen molar-refractivity contribution in [2.75, 3.05) is 19.0 Å². The summed E-state index contributed by atoms with van der Waals surface area (Å²) in [5, 5.41) is 0. The molecule has 1 aromatic rings. The third-order valence-corrected chi connectivity index (χ3v) is 1.96. The predicted octanol–water partition coefficient (Wildman–Crippen LogP) is 4.20. The molecule has 0 saturated carbocycles. The zero-order chi connectivity index (χ0) is 11.7. The normalized spacial score (nSPS) is 9.67. The molecule has 0 aliphatic heterocycles. The van der Waals surface area contributed by atoms with Gasteiger partial charge in [-0.2, -0.15) is 0 Å². The lowest BCUT2D eigenvalue weighted by atomic mass is 10.2. The first-order valence-corrected chi connectivity index (χ1v) is 5.68. The van der Waals surface area contributed by atoms with Crippen LogP contribution in [0.5, 0.6) is 0 Å². The highest BCUT2D eigenvalue weighted by atomic mass is 15.1. The van der Waals surface area contributed by atoms with Gasteiger partial charge < -0.3 is 4.90 Å². The molecule has 1 aromatic carbocycles. The van der Waals surface area contributed by atoms with Crippen molar-refractivity contribution in [1.82, 2.24) is 0 Å². The molecule has 84 valence electrons. The topological polar surface area (TPSA) is 3.24 Å². The second-order valence-corrected chi connectivity index (χ2v) is 3.30. The lowest BCUT2D eigenvalue weighted by Crippen LogP contribution is -2.07. The molecule has 0 fully saturated rings. The molecular formula is C14H23N. The SMILES string of the molecule is CC.CC/C=C/c1ccc(N(C)C)cc1. The molecule has 15 heavy (non-hydrogen) atoms. The van der Waals surface area contributed by atoms with Crippen LogP contribution >= 0.6 is 0 Å². The number of hydrogen-bond acceptors (Lipinski definition) is 1. The van der Waals surface area contributed by atoms with Crippen LogP contribution in [0.2, 0.25) is 0 Å². The Morgan fingerprint density at radius 2 is 1.60 bits per heavy atom. The van der Waals surface area contributed by atoms with Crippen LogP contribution in [-0.4, -0.2) is 14.1 Å². The Labute approximate surface area is 94.4 Å². The number of rotatable bonds is 3. The van der Waals surface area contributed by atoms with Crippen molar-refractivity contribution >= 4 is 11.8 Å². The van der Waals surface area contributed by atoms with E-state index >= 15 is 0 Å². The van der Waals surface area contributed by atoms with Crippen molar-refractivity contribution in [2.24, 2.45) is 0 Å². The van der Waals surface area contributed by atoms with Crippen LogP contribution in [0.3, 0.4) is 0 Å². The van der Waals surface area contributed by atoms with Gasteiger partial charge in [-0.1, -0.05) is 45.1 Å². The summed E-state index contributed by atoms with van der Waals surface area (Å²) in [6.07, 6.45) is 5.42. The van der Waals surface area contributed by atoms with Gasteiger partial charge in [-0.05, 0) is 24.1 Å². The fraction of sp³-hybridized carbons (Fsp3) is 0.429. The van der Waals surface area contributed by atoms with Gasteiger partial charge in [0.05, 0.1) is 0 Å². The summed E-state index contributed by atoms with van der Waals surface area (Å²) in [6, 6.07) is 8.55. The van der Waals surface area contributed by atoms with Gasteiger partial charge >= 0.3 is 0 Å². The standard InChI is InChI=1S/C12H17N.C2H6/c1-4-5-6-11-7-9-12(10-8-11)13(2)3;1-2/h5-10H,4H2,1-3H3;1-2H3/b6-5+;. The highest BCUT2D eigenvalue weighted by Gasteiger charge is 1.92. The lowest BCUT2D eigenvalue weighted by molar-refractivity contribution is 1.13. The Hall–Kier alpha value is -1.24. The van der Waals surface area contributed by atoms with Crippen molar-refractivity contribution in [3.05, 3.63) is 35.9 Å². The lowest BCUT2D eigenvalue weighted by Gasteiger charge is -2.11. The molecule has 0 heterocycles. The Morgan fingerprint density at radius 3 is 2.00 bits per heavy atom. The Morgan fingerprint density at radius 1 is 1.07 bits per heavy atom. The van der Waals surface area contributed by atoms with E-state index in [1.54, 1.807) is 0 Å². The van der Waals surface area contributed by atoms with Crippen LogP contribution in [-0.2, 0) is 0 Å². The molecule has 0 amide bonds. The molecule has 0 aliphatic carbocycles. The summed E-state index contributed by atoms with van der Waals surface area (Å²) in [5.74, 6) is 0. The van der Waals surface area contributed by atoms with Crippen LogP contribution in [0.4, 0.5) is 5.69 Å². The van der Waals surface area contributed by atoms with E-state index < -0.39 is 0 Å². The van der Waals surface area contributed by atoms with Gasteiger partial charge in [0.15, 0.2) is 0 Å². The number of nitrogens with zero attached hydrogens (tertiary/aromatic N) is 1. The monoisotopic (exact) mass is 205 g/mol. The zero-order valence-corrected chi connectivity index (χ0v) is 10.6. The smallest absolute Gasteiger partial charge is 0.0361 e. The highest BCUT2D eigenvalue weighted by molar-refractivity contribution is 5.55. The fourth-order valence-electron chi connectivity index (χ4n) is 1.14. The van der Waals surface area contributed by atoms with Gasteiger partial charge in [0.2, 0.25) is 0 Å². The maximum absolute atomic E-state index is 2.17. The van der Waals surface area contributed by atoms with E-state index in [1.807, 2.05) is 13.8 Å². The Kier molecular flexibility index (Phi) is 7.43. The van der Waals surface area contributed by atoms with E-state index in [0.29, 0.717) is 0 Å². The van der Waals surface area contributed by atoms with Crippen molar-refractivity contribution in [3.63, 3.8) is 0 Å². The summed E-state index contributed by atoms with van der Waals surface area (Å²) in [6.45, 7) is 6.14. The molecule has 1 nitrogen and oxygen atoms in total. The maximum Gasteiger partial charge on any atom is 0.0361 e. The molecule has 0 aromatic heterocycles. The van der Waals surface area contributed by atoms with E-state index in [4.69, 9.17) is 0 Å². The first kappa shape index (κ1) is 13.8. The summed E-state index contributed by atoms with van der Waals surface area (Å²) >= 11 is 0. The average molecular weight is 205 g/mol. The van der Waals surface area contributed by atoms with E-state index in [2.05, 4.69) is 62.3 Å². The third kappa shape index (κ3) is 5.26. The van der Waals surface area contributed by atoms with Crippen LogP contribution < -0.4 is 4.90 Å². The minimum absolute atomic E-state index is 1.09. The second-order valence-electron chi connectivity index (χ2n) is 3.30. The first-order valence-electron chi connectivity index (χ1n) is 5.68. The number of hydrogen-bond donors (Lipinski definition) is 0. The minimum atomic E-state index is 1.09. The van der Waals surface area contributed by atoms with Crippen LogP contribution in [0.25, 0.3) is 6.08 Å². The highest BCUT2D eigenvalue weighted by Crippen LogP contribution is 2.13. The van der Waals surface area contributed by atoms with Crippen molar-refractivity contribution in [1.29, 1.82) is 0 Å². The fourth-order valence-corrected chi connectivity index (χ4v) is 1.14. The number of allylic oxidation sites excluding steroid dienone is 1. The summed E-state index contributed by atoms with van der Waals surface area (Å²) in [4.78, 5) is 2.10. The molecule has 0 radical (unpaired) electrons. The maximum atomic E-state index is 2.17. The molecule has 1 rings (SSSR count). The van der Waals surface area contributed by atoms with Crippen molar-refractivity contribution < 1.29 is 0 Å². The van der Waals surface area contributed by atoms with Crippen LogP contribution in [0, 0.1) is 0 Å². The molecule has 0 saturated heterocycles.